The molecule has 1 N–H and O–H groups in total. The molecule has 170 valence electrons. The molecule has 4 saturated carbocycles. The Balaban J connectivity index is 1.26. The van der Waals surface area contributed by atoms with Crippen LogP contribution < -0.4 is 0 Å². The van der Waals surface area contributed by atoms with E-state index in [4.69, 9.17) is 9.47 Å². The zero-order chi connectivity index (χ0) is 20.9. The maximum atomic E-state index is 10.3. The summed E-state index contributed by atoms with van der Waals surface area (Å²) >= 11 is 0. The lowest BCUT2D eigenvalue weighted by Gasteiger charge is -2.61. The normalized spacial score (nSPS) is 62.5. The Morgan fingerprint density at radius 1 is 0.833 bits per heavy atom. The smallest absolute Gasteiger partial charge is 0.171 e. The van der Waals surface area contributed by atoms with Crippen LogP contribution in [0.1, 0.15) is 91.9 Å². The molecule has 1 unspecified atom stereocenters. The molecule has 0 aromatic rings. The fourth-order valence-corrected chi connectivity index (χ4v) is 10.3. The van der Waals surface area contributed by atoms with Crippen molar-refractivity contribution in [1.29, 1.82) is 0 Å². The Hall–Kier alpha value is -0.120. The van der Waals surface area contributed by atoms with E-state index in [1.54, 1.807) is 0 Å². The van der Waals surface area contributed by atoms with Crippen molar-refractivity contribution in [2.45, 2.75) is 110 Å². The molecule has 6 rings (SSSR count). The van der Waals surface area contributed by atoms with Gasteiger partial charge in [0.25, 0.3) is 0 Å². The average molecular weight is 417 g/mol. The Kier molecular flexibility index (Phi) is 4.58. The van der Waals surface area contributed by atoms with Gasteiger partial charge in [-0.1, -0.05) is 27.7 Å². The van der Waals surface area contributed by atoms with Crippen LogP contribution in [-0.2, 0) is 9.47 Å². The van der Waals surface area contributed by atoms with Gasteiger partial charge in [0.2, 0.25) is 0 Å². The number of rotatable bonds is 0. The molecule has 4 aliphatic carbocycles. The van der Waals surface area contributed by atoms with Gasteiger partial charge in [-0.25, -0.2) is 0 Å². The maximum Gasteiger partial charge on any atom is 0.171 e. The van der Waals surface area contributed by atoms with E-state index in [-0.39, 0.29) is 11.9 Å². The molecule has 0 amide bonds. The molecule has 3 nitrogen and oxygen atoms in total. The fraction of sp³-hybridized carbons (Fsp3) is 1.00. The second-order valence-electron chi connectivity index (χ2n) is 13.1. The third-order valence-electron chi connectivity index (χ3n) is 11.9. The lowest BCUT2D eigenvalue weighted by atomic mass is 9.44. The van der Waals surface area contributed by atoms with Crippen LogP contribution in [0.25, 0.3) is 0 Å². The Morgan fingerprint density at radius 2 is 1.63 bits per heavy atom. The number of hydrogen-bond donors (Lipinski definition) is 1. The van der Waals surface area contributed by atoms with E-state index in [1.807, 2.05) is 0 Å². The molecule has 12 atom stereocenters. The van der Waals surface area contributed by atoms with Crippen LogP contribution >= 0.6 is 0 Å². The van der Waals surface area contributed by atoms with Crippen LogP contribution in [0.2, 0.25) is 0 Å². The summed E-state index contributed by atoms with van der Waals surface area (Å²) in [7, 11) is 0. The molecular weight excluding hydrogens is 372 g/mol. The molecule has 0 aromatic carbocycles. The lowest BCUT2D eigenvalue weighted by Crippen LogP contribution is -2.55. The van der Waals surface area contributed by atoms with Gasteiger partial charge in [-0.2, -0.15) is 0 Å². The zero-order valence-corrected chi connectivity index (χ0v) is 19.7. The van der Waals surface area contributed by atoms with Crippen LogP contribution in [0, 0.1) is 52.3 Å². The third kappa shape index (κ3) is 2.61. The second kappa shape index (κ2) is 6.70. The summed E-state index contributed by atoms with van der Waals surface area (Å²) in [4.78, 5) is 0. The highest BCUT2D eigenvalue weighted by Gasteiger charge is 2.69. The first-order chi connectivity index (χ1) is 14.3. The molecular formula is C27H44O3. The lowest BCUT2D eigenvalue weighted by molar-refractivity contribution is -0.273. The van der Waals surface area contributed by atoms with E-state index >= 15 is 0 Å². The fourth-order valence-electron chi connectivity index (χ4n) is 10.3. The van der Waals surface area contributed by atoms with Crippen molar-refractivity contribution in [1.82, 2.24) is 0 Å². The van der Waals surface area contributed by atoms with Gasteiger partial charge in [0.05, 0.1) is 18.8 Å². The molecule has 0 radical (unpaired) electrons. The van der Waals surface area contributed by atoms with E-state index in [0.29, 0.717) is 34.7 Å². The average Bonchev–Trinajstić information content (AvgIpc) is 3.16. The molecule has 1 spiro atoms. The highest BCUT2D eigenvalue weighted by atomic mass is 16.7. The van der Waals surface area contributed by atoms with Crippen molar-refractivity contribution < 1.29 is 14.6 Å². The van der Waals surface area contributed by atoms with Crippen LogP contribution in [0.15, 0.2) is 0 Å². The van der Waals surface area contributed by atoms with Crippen molar-refractivity contribution in [3.8, 4) is 0 Å². The van der Waals surface area contributed by atoms with Gasteiger partial charge in [0.1, 0.15) is 0 Å². The summed E-state index contributed by atoms with van der Waals surface area (Å²) < 4.78 is 13.4. The standard InChI is InChI=1S/C27H44O3/c1-16-7-12-27(29-15-16)17(2)24-23(30-27)14-22-20-6-5-18-13-19(28)8-10-25(18,3)21(20)9-11-26(22,24)4/h16-24,28H,5-15H2,1-4H3/t16-,17+,18+,19+,20-,21+,22+,23+,24+,25+,26+,27?/m1/s1. The van der Waals surface area contributed by atoms with E-state index in [9.17, 15) is 5.11 Å². The summed E-state index contributed by atoms with van der Waals surface area (Å²) in [6.07, 6.45) is 12.9. The van der Waals surface area contributed by atoms with Crippen molar-refractivity contribution in [2.75, 3.05) is 6.61 Å². The van der Waals surface area contributed by atoms with Crippen molar-refractivity contribution in [3.05, 3.63) is 0 Å². The van der Waals surface area contributed by atoms with Crippen LogP contribution in [0.3, 0.4) is 0 Å². The topological polar surface area (TPSA) is 38.7 Å². The minimum atomic E-state index is -0.282. The first-order valence-corrected chi connectivity index (χ1v) is 13.3. The first-order valence-electron chi connectivity index (χ1n) is 13.3. The van der Waals surface area contributed by atoms with Crippen molar-refractivity contribution >= 4 is 0 Å². The molecule has 6 aliphatic rings. The minimum absolute atomic E-state index is 0.0389. The Labute approximate surface area is 183 Å². The molecule has 2 aliphatic heterocycles. The van der Waals surface area contributed by atoms with Gasteiger partial charge in [-0.15, -0.1) is 0 Å². The molecule has 3 heteroatoms. The van der Waals surface area contributed by atoms with Crippen LogP contribution in [0.4, 0.5) is 0 Å². The van der Waals surface area contributed by atoms with Gasteiger partial charge in [0, 0.05) is 12.3 Å². The Morgan fingerprint density at radius 3 is 2.40 bits per heavy atom. The molecule has 6 fully saturated rings. The number of aliphatic hydroxyl groups is 1. The zero-order valence-electron chi connectivity index (χ0n) is 19.7. The van der Waals surface area contributed by atoms with Crippen molar-refractivity contribution in [2.24, 2.45) is 52.3 Å². The van der Waals surface area contributed by atoms with E-state index in [2.05, 4.69) is 27.7 Å². The molecule has 30 heavy (non-hydrogen) atoms. The predicted molar refractivity (Wildman–Crippen MR) is 118 cm³/mol. The maximum absolute atomic E-state index is 10.3. The quantitative estimate of drug-likeness (QED) is 0.543. The molecule has 2 saturated heterocycles. The van der Waals surface area contributed by atoms with E-state index in [0.717, 1.165) is 49.5 Å². The largest absolute Gasteiger partial charge is 0.393 e. The van der Waals surface area contributed by atoms with Gasteiger partial charge >= 0.3 is 0 Å². The minimum Gasteiger partial charge on any atom is -0.393 e. The second-order valence-corrected chi connectivity index (χ2v) is 13.1. The summed E-state index contributed by atoms with van der Waals surface area (Å²) in [5.41, 5.74) is 0.899. The number of hydrogen-bond acceptors (Lipinski definition) is 3. The van der Waals surface area contributed by atoms with Gasteiger partial charge in [0.15, 0.2) is 5.79 Å². The number of fused-ring (bicyclic) bond motifs is 7. The van der Waals surface area contributed by atoms with Gasteiger partial charge in [-0.3, -0.25) is 0 Å². The summed E-state index contributed by atoms with van der Waals surface area (Å²) in [6.45, 7) is 10.9. The third-order valence-corrected chi connectivity index (χ3v) is 11.9. The Bertz CT molecular complexity index is 684. The monoisotopic (exact) mass is 416 g/mol. The predicted octanol–water partition coefficient (Wildman–Crippen LogP) is 5.79. The molecule has 2 heterocycles. The van der Waals surface area contributed by atoms with Crippen LogP contribution in [0.5, 0.6) is 0 Å². The summed E-state index contributed by atoms with van der Waals surface area (Å²) in [5, 5.41) is 10.3. The number of aliphatic hydroxyl groups excluding tert-OH is 1. The highest BCUT2D eigenvalue weighted by Crippen LogP contribution is 2.71. The summed E-state index contributed by atoms with van der Waals surface area (Å²) in [5.74, 6) is 4.93. The first kappa shape index (κ1) is 20.5. The molecule has 0 bridgehead atoms. The van der Waals surface area contributed by atoms with E-state index in [1.165, 1.54) is 44.9 Å². The SMILES string of the molecule is C[C@@H]1CCC2(OC1)O[C@H]1C[C@H]3[C@@H]4CC[C@H]5C[C@@H](O)CC[C@]5(C)[C@H]4CC[C@]3(C)[C@H]1[C@@H]2C. The van der Waals surface area contributed by atoms with Crippen LogP contribution in [-0.4, -0.2) is 29.7 Å². The summed E-state index contributed by atoms with van der Waals surface area (Å²) in [6, 6.07) is 0. The number of ether oxygens (including phenoxy) is 2. The highest BCUT2D eigenvalue weighted by molar-refractivity contribution is 5.15. The van der Waals surface area contributed by atoms with Gasteiger partial charge in [-0.05, 0) is 104 Å². The van der Waals surface area contributed by atoms with Crippen molar-refractivity contribution in [3.63, 3.8) is 0 Å². The van der Waals surface area contributed by atoms with Gasteiger partial charge < -0.3 is 14.6 Å². The van der Waals surface area contributed by atoms with E-state index < -0.39 is 0 Å². The molecule has 0 aromatic heterocycles.